The fraction of sp³-hybridized carbons (Fsp3) is 0.190. The molecule has 0 unspecified atom stereocenters. The zero-order valence-electron chi connectivity index (χ0n) is 15.3. The van der Waals surface area contributed by atoms with E-state index in [0.717, 1.165) is 18.2 Å². The van der Waals surface area contributed by atoms with Crippen molar-refractivity contribution < 1.29 is 28.2 Å². The number of halogens is 3. The number of carbonyl (C=O) groups is 2. The summed E-state index contributed by atoms with van der Waals surface area (Å²) in [4.78, 5) is 28.3. The van der Waals surface area contributed by atoms with Crippen molar-refractivity contribution in [2.75, 3.05) is 6.61 Å². The van der Waals surface area contributed by atoms with Gasteiger partial charge in [0.15, 0.2) is 11.5 Å². The number of esters is 1. The third kappa shape index (κ3) is 4.27. The van der Waals surface area contributed by atoms with Gasteiger partial charge in [0.2, 0.25) is 0 Å². The summed E-state index contributed by atoms with van der Waals surface area (Å²) in [5.74, 6) is -2.78. The molecule has 3 aromatic rings. The standard InChI is InChI=1S/C21H16BrF2NO4/c1-2-29-17(27)9-8-16(26)20-21(28)18(22)13-5-3-4-12(19(13)25-20)14-10-11(23)6-7-15(14)24/h3-7,10,28H,2,8-9H2,1H3. The summed E-state index contributed by atoms with van der Waals surface area (Å²) in [5, 5.41) is 10.8. The number of rotatable bonds is 6. The Kier molecular flexibility index (Phi) is 6.22. The molecule has 1 heterocycles. The Morgan fingerprint density at radius 3 is 2.62 bits per heavy atom. The minimum atomic E-state index is -0.653. The van der Waals surface area contributed by atoms with Gasteiger partial charge in [0.25, 0.3) is 0 Å². The number of ether oxygens (including phenoxy) is 1. The van der Waals surface area contributed by atoms with Crippen molar-refractivity contribution in [3.05, 3.63) is 58.2 Å². The molecule has 8 heteroatoms. The van der Waals surface area contributed by atoms with Crippen molar-refractivity contribution in [3.8, 4) is 16.9 Å². The van der Waals surface area contributed by atoms with Crippen LogP contribution in [0.15, 0.2) is 40.9 Å². The van der Waals surface area contributed by atoms with Crippen LogP contribution in [0.25, 0.3) is 22.0 Å². The van der Waals surface area contributed by atoms with Crippen LogP contribution in [0.2, 0.25) is 0 Å². The van der Waals surface area contributed by atoms with E-state index in [4.69, 9.17) is 4.74 Å². The van der Waals surface area contributed by atoms with Gasteiger partial charge in [0.05, 0.1) is 23.0 Å². The summed E-state index contributed by atoms with van der Waals surface area (Å²) in [6.07, 6.45) is -0.378. The Hall–Kier alpha value is -2.87. The summed E-state index contributed by atoms with van der Waals surface area (Å²) in [5.41, 5.74) is 0.185. The molecule has 0 saturated carbocycles. The Morgan fingerprint density at radius 1 is 1.14 bits per heavy atom. The number of Topliss-reactive ketones (excluding diaryl/α,β-unsaturated/α-hetero) is 1. The van der Waals surface area contributed by atoms with Crippen LogP contribution >= 0.6 is 15.9 Å². The number of hydrogen-bond acceptors (Lipinski definition) is 5. The Morgan fingerprint density at radius 2 is 1.90 bits per heavy atom. The summed E-state index contributed by atoms with van der Waals surface area (Å²) in [6.45, 7) is 1.85. The van der Waals surface area contributed by atoms with Crippen LogP contribution in [0.4, 0.5) is 8.78 Å². The summed E-state index contributed by atoms with van der Waals surface area (Å²) >= 11 is 3.24. The topological polar surface area (TPSA) is 76.5 Å². The lowest BCUT2D eigenvalue weighted by atomic mass is 10.00. The minimum Gasteiger partial charge on any atom is -0.504 e. The summed E-state index contributed by atoms with van der Waals surface area (Å²) in [6, 6.07) is 7.82. The molecular formula is C21H16BrF2NO4. The minimum absolute atomic E-state index is 0.0226. The van der Waals surface area contributed by atoms with E-state index in [-0.39, 0.29) is 52.0 Å². The molecule has 0 aliphatic carbocycles. The highest BCUT2D eigenvalue weighted by atomic mass is 79.9. The van der Waals surface area contributed by atoms with Gasteiger partial charge in [-0.3, -0.25) is 9.59 Å². The van der Waals surface area contributed by atoms with Crippen LogP contribution in [-0.2, 0) is 9.53 Å². The van der Waals surface area contributed by atoms with Gasteiger partial charge in [0, 0.05) is 22.9 Å². The summed E-state index contributed by atoms with van der Waals surface area (Å²) < 4.78 is 33.0. The Labute approximate surface area is 173 Å². The molecule has 5 nitrogen and oxygen atoms in total. The first-order valence-electron chi connectivity index (χ1n) is 8.79. The first-order valence-corrected chi connectivity index (χ1v) is 9.58. The number of benzene rings is 2. The van der Waals surface area contributed by atoms with Crippen molar-refractivity contribution in [3.63, 3.8) is 0 Å². The van der Waals surface area contributed by atoms with Crippen molar-refractivity contribution in [2.24, 2.45) is 0 Å². The highest BCUT2D eigenvalue weighted by Crippen LogP contribution is 2.39. The number of pyridine rings is 1. The molecule has 0 aliphatic heterocycles. The van der Waals surface area contributed by atoms with E-state index in [1.807, 2.05) is 0 Å². The van der Waals surface area contributed by atoms with Gasteiger partial charge in [-0.2, -0.15) is 0 Å². The number of para-hydroxylation sites is 1. The molecule has 0 aliphatic rings. The second-order valence-electron chi connectivity index (χ2n) is 6.18. The van der Waals surface area contributed by atoms with Gasteiger partial charge in [-0.05, 0) is 41.1 Å². The number of carbonyl (C=O) groups excluding carboxylic acids is 2. The fourth-order valence-electron chi connectivity index (χ4n) is 2.92. The lowest BCUT2D eigenvalue weighted by Crippen LogP contribution is -2.10. The van der Waals surface area contributed by atoms with Gasteiger partial charge < -0.3 is 9.84 Å². The smallest absolute Gasteiger partial charge is 0.306 e. The molecule has 0 saturated heterocycles. The molecule has 0 bridgehead atoms. The van der Waals surface area contributed by atoms with E-state index in [1.165, 1.54) is 0 Å². The lowest BCUT2D eigenvalue weighted by Gasteiger charge is -2.12. The largest absolute Gasteiger partial charge is 0.504 e. The predicted octanol–water partition coefficient (Wildman–Crippen LogP) is 5.17. The van der Waals surface area contributed by atoms with Gasteiger partial charge in [-0.15, -0.1) is 0 Å². The maximum Gasteiger partial charge on any atom is 0.306 e. The molecule has 1 N–H and O–H groups in total. The van der Waals surface area contributed by atoms with Crippen molar-refractivity contribution in [1.29, 1.82) is 0 Å². The van der Waals surface area contributed by atoms with E-state index in [0.29, 0.717) is 5.39 Å². The highest BCUT2D eigenvalue weighted by Gasteiger charge is 2.22. The average Bonchev–Trinajstić information content (AvgIpc) is 2.70. The predicted molar refractivity (Wildman–Crippen MR) is 107 cm³/mol. The third-order valence-electron chi connectivity index (χ3n) is 4.27. The first kappa shape index (κ1) is 20.9. The molecule has 0 amide bonds. The van der Waals surface area contributed by atoms with Gasteiger partial charge in [-0.1, -0.05) is 18.2 Å². The number of fused-ring (bicyclic) bond motifs is 1. The molecule has 0 fully saturated rings. The van der Waals surface area contributed by atoms with Gasteiger partial charge in [-0.25, -0.2) is 13.8 Å². The number of hydrogen-bond donors (Lipinski definition) is 1. The third-order valence-corrected chi connectivity index (χ3v) is 5.08. The highest BCUT2D eigenvalue weighted by molar-refractivity contribution is 9.10. The quantitative estimate of drug-likeness (QED) is 0.402. The second kappa shape index (κ2) is 8.65. The fourth-order valence-corrected chi connectivity index (χ4v) is 3.43. The van der Waals surface area contributed by atoms with E-state index >= 15 is 0 Å². The summed E-state index contributed by atoms with van der Waals surface area (Å²) in [7, 11) is 0. The molecule has 0 radical (unpaired) electrons. The molecule has 1 aromatic heterocycles. The van der Waals surface area contributed by atoms with E-state index in [1.54, 1.807) is 25.1 Å². The Balaban J connectivity index is 2.12. The van der Waals surface area contributed by atoms with Crippen LogP contribution in [0.1, 0.15) is 30.3 Å². The van der Waals surface area contributed by atoms with Crippen molar-refractivity contribution in [1.82, 2.24) is 4.98 Å². The zero-order valence-corrected chi connectivity index (χ0v) is 16.9. The SMILES string of the molecule is CCOC(=O)CCC(=O)c1nc2c(-c3cc(F)ccc3F)cccc2c(Br)c1O. The molecule has 29 heavy (non-hydrogen) atoms. The van der Waals surface area contributed by atoms with Gasteiger partial charge >= 0.3 is 5.97 Å². The lowest BCUT2D eigenvalue weighted by molar-refractivity contribution is -0.143. The Bertz CT molecular complexity index is 1120. The zero-order chi connectivity index (χ0) is 21.1. The molecule has 3 rings (SSSR count). The molecular weight excluding hydrogens is 448 g/mol. The van der Waals surface area contributed by atoms with Crippen molar-refractivity contribution in [2.45, 2.75) is 19.8 Å². The van der Waals surface area contributed by atoms with Crippen LogP contribution in [-0.4, -0.2) is 28.4 Å². The second-order valence-corrected chi connectivity index (χ2v) is 6.97. The molecule has 2 aromatic carbocycles. The monoisotopic (exact) mass is 463 g/mol. The average molecular weight is 464 g/mol. The first-order chi connectivity index (χ1) is 13.8. The van der Waals surface area contributed by atoms with Crippen LogP contribution in [0.3, 0.4) is 0 Å². The number of ketones is 1. The normalized spacial score (nSPS) is 10.9. The van der Waals surface area contributed by atoms with Gasteiger partial charge in [0.1, 0.15) is 17.3 Å². The molecule has 150 valence electrons. The molecule has 0 spiro atoms. The maximum absolute atomic E-state index is 14.3. The molecule has 0 atom stereocenters. The van der Waals surface area contributed by atoms with Crippen LogP contribution < -0.4 is 0 Å². The maximum atomic E-state index is 14.3. The van der Waals surface area contributed by atoms with Crippen molar-refractivity contribution >= 4 is 38.6 Å². The van der Waals surface area contributed by atoms with Crippen LogP contribution in [0, 0.1) is 11.6 Å². The van der Waals surface area contributed by atoms with E-state index in [9.17, 15) is 23.5 Å². The van der Waals surface area contributed by atoms with E-state index in [2.05, 4.69) is 20.9 Å². The van der Waals surface area contributed by atoms with E-state index < -0.39 is 23.4 Å². The number of aromatic nitrogens is 1. The number of nitrogens with zero attached hydrogens (tertiary/aromatic N) is 1. The van der Waals surface area contributed by atoms with Crippen LogP contribution in [0.5, 0.6) is 5.75 Å². The number of aromatic hydroxyl groups is 1.